The molecule has 0 saturated heterocycles. The molecule has 7 heteroatoms. The number of halogens is 1. The zero-order valence-corrected chi connectivity index (χ0v) is 13.8. The van der Waals surface area contributed by atoms with Gasteiger partial charge < -0.3 is 15.8 Å². The van der Waals surface area contributed by atoms with Crippen LogP contribution in [-0.4, -0.2) is 21.9 Å². The third kappa shape index (κ3) is 2.78. The number of aromatic nitrogens is 2. The molecular formula is C13H15BrN4OS. The summed E-state index contributed by atoms with van der Waals surface area (Å²) in [6, 6.07) is 5.70. The third-order valence-electron chi connectivity index (χ3n) is 2.88. The van der Waals surface area contributed by atoms with Crippen LogP contribution in [0, 0.1) is 6.92 Å². The van der Waals surface area contributed by atoms with Crippen LogP contribution in [0.2, 0.25) is 0 Å². The van der Waals surface area contributed by atoms with Crippen LogP contribution < -0.4 is 15.8 Å². The van der Waals surface area contributed by atoms with E-state index >= 15 is 0 Å². The van der Waals surface area contributed by atoms with Crippen LogP contribution in [-0.2, 0) is 7.05 Å². The van der Waals surface area contributed by atoms with Crippen LogP contribution in [0.25, 0.3) is 0 Å². The summed E-state index contributed by atoms with van der Waals surface area (Å²) >= 11 is 8.54. The van der Waals surface area contributed by atoms with Gasteiger partial charge in [-0.15, -0.1) is 0 Å². The number of nitrogens with one attached hydrogen (secondary N) is 1. The van der Waals surface area contributed by atoms with E-state index in [0.29, 0.717) is 4.99 Å². The Morgan fingerprint density at radius 2 is 2.20 bits per heavy atom. The topological polar surface area (TPSA) is 65.1 Å². The van der Waals surface area contributed by atoms with E-state index in [-0.39, 0.29) is 0 Å². The Kier molecular flexibility index (Phi) is 4.29. The molecule has 20 heavy (non-hydrogen) atoms. The van der Waals surface area contributed by atoms with Gasteiger partial charge in [0, 0.05) is 11.5 Å². The molecule has 2 aromatic rings. The smallest absolute Gasteiger partial charge is 0.142 e. The van der Waals surface area contributed by atoms with Crippen molar-refractivity contribution in [3.8, 4) is 5.75 Å². The van der Waals surface area contributed by atoms with Crippen LogP contribution in [0.3, 0.4) is 0 Å². The zero-order chi connectivity index (χ0) is 14.9. The van der Waals surface area contributed by atoms with E-state index in [9.17, 15) is 0 Å². The lowest BCUT2D eigenvalue weighted by Crippen LogP contribution is -2.13. The molecule has 0 saturated carbocycles. The Morgan fingerprint density at radius 3 is 2.80 bits per heavy atom. The highest BCUT2D eigenvalue weighted by Gasteiger charge is 2.17. The number of ether oxygens (including phenoxy) is 1. The SMILES string of the molecule is COc1ccc(Br)cc1Nc1c(C(N)=S)c(C)nn1C. The van der Waals surface area contributed by atoms with Crippen molar-refractivity contribution in [3.63, 3.8) is 0 Å². The Morgan fingerprint density at radius 1 is 1.50 bits per heavy atom. The van der Waals surface area contributed by atoms with Crippen LogP contribution in [0.5, 0.6) is 5.75 Å². The van der Waals surface area contributed by atoms with E-state index in [1.807, 2.05) is 32.2 Å². The third-order valence-corrected chi connectivity index (χ3v) is 3.58. The first kappa shape index (κ1) is 14.8. The molecule has 0 unspecified atom stereocenters. The molecule has 0 aliphatic rings. The molecule has 5 nitrogen and oxygen atoms in total. The zero-order valence-electron chi connectivity index (χ0n) is 11.4. The van der Waals surface area contributed by atoms with Gasteiger partial charge in [0.05, 0.1) is 24.1 Å². The van der Waals surface area contributed by atoms with Gasteiger partial charge in [0.2, 0.25) is 0 Å². The summed E-state index contributed by atoms with van der Waals surface area (Å²) < 4.78 is 8.00. The van der Waals surface area contributed by atoms with Crippen molar-refractivity contribution in [1.82, 2.24) is 9.78 Å². The number of benzene rings is 1. The number of hydrogen-bond acceptors (Lipinski definition) is 4. The van der Waals surface area contributed by atoms with E-state index in [4.69, 9.17) is 22.7 Å². The number of nitrogens with zero attached hydrogens (tertiary/aromatic N) is 2. The lowest BCUT2D eigenvalue weighted by Gasteiger charge is -2.13. The van der Waals surface area contributed by atoms with Crippen molar-refractivity contribution < 1.29 is 4.74 Å². The fraction of sp³-hybridized carbons (Fsp3) is 0.231. The van der Waals surface area contributed by atoms with E-state index < -0.39 is 0 Å². The Balaban J connectivity index is 2.50. The fourth-order valence-electron chi connectivity index (χ4n) is 2.00. The van der Waals surface area contributed by atoms with Gasteiger partial charge in [-0.1, -0.05) is 28.1 Å². The van der Waals surface area contributed by atoms with Crippen molar-refractivity contribution in [2.45, 2.75) is 6.92 Å². The van der Waals surface area contributed by atoms with E-state index in [1.165, 1.54) is 0 Å². The van der Waals surface area contributed by atoms with E-state index in [0.717, 1.165) is 33.0 Å². The van der Waals surface area contributed by atoms with Crippen molar-refractivity contribution >= 4 is 44.6 Å². The minimum absolute atomic E-state index is 0.312. The van der Waals surface area contributed by atoms with Gasteiger partial charge in [-0.25, -0.2) is 0 Å². The van der Waals surface area contributed by atoms with Crippen molar-refractivity contribution in [2.75, 3.05) is 12.4 Å². The highest BCUT2D eigenvalue weighted by molar-refractivity contribution is 9.10. The van der Waals surface area contributed by atoms with Crippen LogP contribution >= 0.6 is 28.1 Å². The highest BCUT2D eigenvalue weighted by atomic mass is 79.9. The van der Waals surface area contributed by atoms with Crippen molar-refractivity contribution in [1.29, 1.82) is 0 Å². The first-order valence-corrected chi connectivity index (χ1v) is 7.08. The Bertz CT molecular complexity index is 669. The molecule has 0 fully saturated rings. The van der Waals surface area contributed by atoms with Gasteiger partial charge >= 0.3 is 0 Å². The molecule has 0 aliphatic carbocycles. The molecule has 106 valence electrons. The van der Waals surface area contributed by atoms with Crippen molar-refractivity contribution in [2.24, 2.45) is 12.8 Å². The van der Waals surface area contributed by atoms with Crippen LogP contribution in [0.1, 0.15) is 11.3 Å². The molecule has 0 spiro atoms. The van der Waals surface area contributed by atoms with Gasteiger partial charge in [-0.3, -0.25) is 4.68 Å². The maximum Gasteiger partial charge on any atom is 0.142 e. The minimum Gasteiger partial charge on any atom is -0.495 e. The highest BCUT2D eigenvalue weighted by Crippen LogP contribution is 2.32. The summed E-state index contributed by atoms with van der Waals surface area (Å²) in [5.41, 5.74) is 8.12. The Hall–Kier alpha value is -1.60. The largest absolute Gasteiger partial charge is 0.495 e. The monoisotopic (exact) mass is 354 g/mol. The number of anilines is 2. The van der Waals surface area contributed by atoms with Gasteiger partial charge in [-0.05, 0) is 25.1 Å². The fourth-order valence-corrected chi connectivity index (χ4v) is 2.61. The number of aryl methyl sites for hydroxylation is 2. The molecule has 3 N–H and O–H groups in total. The average molecular weight is 355 g/mol. The summed E-state index contributed by atoms with van der Waals surface area (Å²) in [5.74, 6) is 1.47. The first-order chi connectivity index (χ1) is 9.43. The number of nitrogens with two attached hydrogens (primary N) is 1. The van der Waals surface area contributed by atoms with Crippen molar-refractivity contribution in [3.05, 3.63) is 33.9 Å². The molecule has 1 heterocycles. The standard InChI is InChI=1S/C13H15BrN4OS/c1-7-11(12(15)20)13(18(2)17-7)16-9-6-8(14)4-5-10(9)19-3/h4-6,16H,1-3H3,(H2,15,20). The second-order valence-corrected chi connectivity index (χ2v) is 5.62. The Labute approximate surface area is 131 Å². The van der Waals surface area contributed by atoms with Gasteiger partial charge in [0.25, 0.3) is 0 Å². The maximum atomic E-state index is 5.78. The summed E-state index contributed by atoms with van der Waals surface area (Å²) in [4.78, 5) is 0.312. The molecule has 0 radical (unpaired) electrons. The molecule has 0 atom stereocenters. The lowest BCUT2D eigenvalue weighted by molar-refractivity contribution is 0.416. The maximum absolute atomic E-state index is 5.78. The molecule has 1 aromatic carbocycles. The minimum atomic E-state index is 0.312. The molecule has 0 aliphatic heterocycles. The number of rotatable bonds is 4. The molecule has 2 rings (SSSR count). The van der Waals surface area contributed by atoms with Crippen LogP contribution in [0.4, 0.5) is 11.5 Å². The quantitative estimate of drug-likeness (QED) is 0.826. The first-order valence-electron chi connectivity index (χ1n) is 5.88. The van der Waals surface area contributed by atoms with Gasteiger partial charge in [-0.2, -0.15) is 5.10 Å². The van der Waals surface area contributed by atoms with Gasteiger partial charge in [0.1, 0.15) is 16.6 Å². The predicted molar refractivity (Wildman–Crippen MR) is 87.8 cm³/mol. The normalized spacial score (nSPS) is 10.4. The second kappa shape index (κ2) is 5.80. The summed E-state index contributed by atoms with van der Waals surface area (Å²) in [6.45, 7) is 1.87. The summed E-state index contributed by atoms with van der Waals surface area (Å²) in [5, 5.41) is 7.62. The molecule has 0 bridgehead atoms. The number of hydrogen-bond donors (Lipinski definition) is 2. The molecular weight excluding hydrogens is 340 g/mol. The lowest BCUT2D eigenvalue weighted by atomic mass is 10.2. The van der Waals surface area contributed by atoms with E-state index in [2.05, 4.69) is 26.3 Å². The second-order valence-electron chi connectivity index (χ2n) is 4.27. The molecule has 1 aromatic heterocycles. The van der Waals surface area contributed by atoms with Gasteiger partial charge in [0.15, 0.2) is 0 Å². The summed E-state index contributed by atoms with van der Waals surface area (Å²) in [7, 11) is 3.46. The van der Waals surface area contributed by atoms with E-state index in [1.54, 1.807) is 11.8 Å². The molecule has 0 amide bonds. The predicted octanol–water partition coefficient (Wildman–Crippen LogP) is 2.88. The summed E-state index contributed by atoms with van der Waals surface area (Å²) in [6.07, 6.45) is 0. The van der Waals surface area contributed by atoms with Crippen LogP contribution in [0.15, 0.2) is 22.7 Å². The number of thiocarbonyl (C=S) groups is 1. The average Bonchev–Trinajstić information content (AvgIpc) is 2.64. The number of methoxy groups -OCH3 is 1.